The molecule has 0 heterocycles. The van der Waals surface area contributed by atoms with Crippen LogP contribution in [0.3, 0.4) is 0 Å². The molecule has 1 rings (SSSR count). The van der Waals surface area contributed by atoms with Crippen molar-refractivity contribution in [2.45, 2.75) is 32.9 Å². The molecule has 1 aromatic carbocycles. The van der Waals surface area contributed by atoms with E-state index in [-0.39, 0.29) is 23.2 Å². The summed E-state index contributed by atoms with van der Waals surface area (Å²) in [5, 5.41) is 0. The van der Waals surface area contributed by atoms with Crippen molar-refractivity contribution in [3.8, 4) is 5.75 Å². The van der Waals surface area contributed by atoms with Gasteiger partial charge in [0.2, 0.25) is 0 Å². The monoisotopic (exact) mass is 225 g/mol. The summed E-state index contributed by atoms with van der Waals surface area (Å²) in [5.41, 5.74) is 5.70. The number of ketones is 1. The van der Waals surface area contributed by atoms with E-state index in [9.17, 15) is 9.18 Å². The Morgan fingerprint density at radius 1 is 1.38 bits per heavy atom. The van der Waals surface area contributed by atoms with E-state index in [0.29, 0.717) is 0 Å². The Balaban J connectivity index is 2.95. The molecule has 0 amide bonds. The largest absolute Gasteiger partial charge is 0.488 e. The van der Waals surface area contributed by atoms with Gasteiger partial charge in [-0.15, -0.1) is 0 Å². The van der Waals surface area contributed by atoms with Gasteiger partial charge in [-0.2, -0.15) is 0 Å². The molecule has 0 aliphatic heterocycles. The second-order valence-corrected chi connectivity index (χ2v) is 3.96. The number of Topliss-reactive ketones (excluding diaryl/α,β-unsaturated/α-hetero) is 1. The maximum atomic E-state index is 13.5. The van der Waals surface area contributed by atoms with E-state index < -0.39 is 11.9 Å². The van der Waals surface area contributed by atoms with Gasteiger partial charge in [-0.05, 0) is 39.0 Å². The summed E-state index contributed by atoms with van der Waals surface area (Å²) < 4.78 is 18.7. The van der Waals surface area contributed by atoms with Gasteiger partial charge in [-0.1, -0.05) is 0 Å². The van der Waals surface area contributed by atoms with Crippen LogP contribution < -0.4 is 10.5 Å². The summed E-state index contributed by atoms with van der Waals surface area (Å²) in [6.45, 7) is 5.18. The number of rotatable bonds is 4. The van der Waals surface area contributed by atoms with E-state index in [2.05, 4.69) is 0 Å². The third-order valence-electron chi connectivity index (χ3n) is 1.99. The fourth-order valence-electron chi connectivity index (χ4n) is 1.27. The molecule has 0 aliphatic rings. The average Bonchev–Trinajstić information content (AvgIpc) is 2.19. The van der Waals surface area contributed by atoms with E-state index in [0.717, 1.165) is 6.07 Å². The Labute approximate surface area is 94.4 Å². The minimum Gasteiger partial charge on any atom is -0.488 e. The van der Waals surface area contributed by atoms with Crippen LogP contribution in [0.4, 0.5) is 4.39 Å². The predicted molar refractivity (Wildman–Crippen MR) is 60.1 cm³/mol. The van der Waals surface area contributed by atoms with Gasteiger partial charge < -0.3 is 10.5 Å². The van der Waals surface area contributed by atoms with Crippen LogP contribution in [0.1, 0.15) is 31.1 Å². The third kappa shape index (κ3) is 3.03. The summed E-state index contributed by atoms with van der Waals surface area (Å²) in [6, 6.07) is 3.50. The Kier molecular flexibility index (Phi) is 4.01. The number of carbonyl (C=O) groups excluding carboxylic acids is 1. The van der Waals surface area contributed by atoms with Gasteiger partial charge in [0, 0.05) is 5.56 Å². The quantitative estimate of drug-likeness (QED) is 0.799. The third-order valence-corrected chi connectivity index (χ3v) is 1.99. The van der Waals surface area contributed by atoms with Crippen LogP contribution in [0.5, 0.6) is 5.75 Å². The van der Waals surface area contributed by atoms with Crippen LogP contribution >= 0.6 is 0 Å². The number of carbonyl (C=O) groups is 1. The van der Waals surface area contributed by atoms with E-state index >= 15 is 0 Å². The first-order chi connectivity index (χ1) is 7.41. The highest BCUT2D eigenvalue weighted by Crippen LogP contribution is 2.20. The SMILES string of the molecule is CC(C)Oc1ccc(C(=O)C(C)N)cc1F. The fraction of sp³-hybridized carbons (Fsp3) is 0.417. The van der Waals surface area contributed by atoms with Crippen molar-refractivity contribution >= 4 is 5.78 Å². The molecule has 1 atom stereocenters. The molecule has 0 aliphatic carbocycles. The first-order valence-electron chi connectivity index (χ1n) is 5.18. The van der Waals surface area contributed by atoms with Gasteiger partial charge in [0.05, 0.1) is 12.1 Å². The number of hydrogen-bond donors (Lipinski definition) is 1. The van der Waals surface area contributed by atoms with Crippen LogP contribution in [0.2, 0.25) is 0 Å². The second-order valence-electron chi connectivity index (χ2n) is 3.96. The van der Waals surface area contributed by atoms with Gasteiger partial charge >= 0.3 is 0 Å². The number of benzene rings is 1. The zero-order valence-corrected chi connectivity index (χ0v) is 9.66. The van der Waals surface area contributed by atoms with E-state index in [4.69, 9.17) is 10.5 Å². The lowest BCUT2D eigenvalue weighted by molar-refractivity contribution is 0.0967. The lowest BCUT2D eigenvalue weighted by atomic mass is 10.1. The molecule has 2 N–H and O–H groups in total. The zero-order valence-electron chi connectivity index (χ0n) is 9.66. The highest BCUT2D eigenvalue weighted by Gasteiger charge is 2.14. The molecule has 0 spiro atoms. The topological polar surface area (TPSA) is 52.3 Å². The molecule has 0 radical (unpaired) electrons. The van der Waals surface area contributed by atoms with Crippen molar-refractivity contribution in [1.82, 2.24) is 0 Å². The summed E-state index contributed by atoms with van der Waals surface area (Å²) in [4.78, 5) is 11.5. The minimum absolute atomic E-state index is 0.107. The maximum Gasteiger partial charge on any atom is 0.179 e. The molecule has 4 heteroatoms. The lowest BCUT2D eigenvalue weighted by Gasteiger charge is -2.11. The highest BCUT2D eigenvalue weighted by molar-refractivity contribution is 5.99. The predicted octanol–water partition coefficient (Wildman–Crippen LogP) is 2.14. The molecule has 3 nitrogen and oxygen atoms in total. The summed E-state index contributed by atoms with van der Waals surface area (Å²) in [5.74, 6) is -0.675. The summed E-state index contributed by atoms with van der Waals surface area (Å²) in [7, 11) is 0. The van der Waals surface area contributed by atoms with E-state index in [1.54, 1.807) is 20.8 Å². The smallest absolute Gasteiger partial charge is 0.179 e. The van der Waals surface area contributed by atoms with Crippen molar-refractivity contribution in [2.24, 2.45) is 5.73 Å². The minimum atomic E-state index is -0.628. The van der Waals surface area contributed by atoms with Gasteiger partial charge in [0.25, 0.3) is 0 Å². The molecule has 0 saturated carbocycles. The Bertz CT molecular complexity index is 389. The van der Waals surface area contributed by atoms with Crippen molar-refractivity contribution in [2.75, 3.05) is 0 Å². The first-order valence-corrected chi connectivity index (χ1v) is 5.18. The standard InChI is InChI=1S/C12H16FNO2/c1-7(2)16-11-5-4-9(6-10(11)13)12(15)8(3)14/h4-8H,14H2,1-3H3. The molecule has 0 aromatic heterocycles. The van der Waals surface area contributed by atoms with Crippen LogP contribution in [0, 0.1) is 5.82 Å². The first kappa shape index (κ1) is 12.6. The zero-order chi connectivity index (χ0) is 12.3. The maximum absolute atomic E-state index is 13.5. The highest BCUT2D eigenvalue weighted by atomic mass is 19.1. The van der Waals surface area contributed by atoms with E-state index in [1.165, 1.54) is 12.1 Å². The van der Waals surface area contributed by atoms with Crippen LogP contribution in [-0.2, 0) is 0 Å². The van der Waals surface area contributed by atoms with Gasteiger partial charge in [0.15, 0.2) is 17.3 Å². The van der Waals surface area contributed by atoms with Crippen LogP contribution in [0.15, 0.2) is 18.2 Å². The van der Waals surface area contributed by atoms with Crippen molar-refractivity contribution in [3.63, 3.8) is 0 Å². The van der Waals surface area contributed by atoms with Crippen molar-refractivity contribution in [1.29, 1.82) is 0 Å². The van der Waals surface area contributed by atoms with Crippen LogP contribution in [-0.4, -0.2) is 17.9 Å². The molecule has 0 saturated heterocycles. The molecule has 1 unspecified atom stereocenters. The Morgan fingerprint density at radius 2 is 2.00 bits per heavy atom. The Morgan fingerprint density at radius 3 is 2.44 bits per heavy atom. The molecular formula is C12H16FNO2. The van der Waals surface area contributed by atoms with Crippen molar-refractivity contribution in [3.05, 3.63) is 29.6 Å². The molecule has 88 valence electrons. The van der Waals surface area contributed by atoms with Crippen LogP contribution in [0.25, 0.3) is 0 Å². The van der Waals surface area contributed by atoms with Crippen molar-refractivity contribution < 1.29 is 13.9 Å². The molecule has 1 aromatic rings. The molecule has 0 fully saturated rings. The van der Waals surface area contributed by atoms with Gasteiger partial charge in [0.1, 0.15) is 0 Å². The lowest BCUT2D eigenvalue weighted by Crippen LogP contribution is -2.26. The number of hydrogen-bond acceptors (Lipinski definition) is 3. The van der Waals surface area contributed by atoms with Gasteiger partial charge in [-0.25, -0.2) is 4.39 Å². The second kappa shape index (κ2) is 5.07. The molecule has 0 bridgehead atoms. The Hall–Kier alpha value is -1.42. The number of nitrogens with two attached hydrogens (primary N) is 1. The van der Waals surface area contributed by atoms with Gasteiger partial charge in [-0.3, -0.25) is 4.79 Å². The summed E-state index contributed by atoms with van der Waals surface area (Å²) in [6.07, 6.45) is -0.107. The average molecular weight is 225 g/mol. The van der Waals surface area contributed by atoms with E-state index in [1.807, 2.05) is 0 Å². The fourth-order valence-corrected chi connectivity index (χ4v) is 1.27. The number of ether oxygens (including phenoxy) is 1. The summed E-state index contributed by atoms with van der Waals surface area (Å²) >= 11 is 0. The normalized spacial score (nSPS) is 12.6. The molecule has 16 heavy (non-hydrogen) atoms. The number of halogens is 1. The molecular weight excluding hydrogens is 209 g/mol.